The first-order valence-corrected chi connectivity index (χ1v) is 7.30. The van der Waals surface area contributed by atoms with E-state index in [1.165, 1.54) is 5.56 Å². The normalized spacial score (nSPS) is 16.9. The molecule has 0 spiro atoms. The highest BCUT2D eigenvalue weighted by Crippen LogP contribution is 2.34. The molecule has 0 bridgehead atoms. The van der Waals surface area contributed by atoms with Gasteiger partial charge in [-0.05, 0) is 19.0 Å². The van der Waals surface area contributed by atoms with Gasteiger partial charge in [-0.2, -0.15) is 0 Å². The van der Waals surface area contributed by atoms with Crippen molar-refractivity contribution < 1.29 is 4.74 Å². The number of fused-ring (bicyclic) bond motifs is 1. The lowest BCUT2D eigenvalue weighted by Gasteiger charge is -2.09. The second-order valence-corrected chi connectivity index (χ2v) is 5.28. The highest BCUT2D eigenvalue weighted by Gasteiger charge is 2.23. The first-order chi connectivity index (χ1) is 9.86. The molecule has 2 heterocycles. The molecule has 0 radical (unpaired) electrons. The minimum absolute atomic E-state index is 0.428. The molecule has 4 heteroatoms. The molecule has 0 saturated heterocycles. The third-order valence-electron chi connectivity index (χ3n) is 3.65. The summed E-state index contributed by atoms with van der Waals surface area (Å²) in [6.45, 7) is 5.75. The largest absolute Gasteiger partial charge is 0.493 e. The van der Waals surface area contributed by atoms with E-state index in [0.29, 0.717) is 5.92 Å². The van der Waals surface area contributed by atoms with Gasteiger partial charge in [-0.15, -0.1) is 0 Å². The van der Waals surface area contributed by atoms with Crippen LogP contribution in [0.1, 0.15) is 30.5 Å². The summed E-state index contributed by atoms with van der Waals surface area (Å²) in [6.07, 6.45) is 5.20. The van der Waals surface area contributed by atoms with Crippen LogP contribution in [0.2, 0.25) is 0 Å². The molecule has 1 atom stereocenters. The molecule has 20 heavy (non-hydrogen) atoms. The fourth-order valence-corrected chi connectivity index (χ4v) is 2.63. The maximum absolute atomic E-state index is 5.72. The zero-order valence-corrected chi connectivity index (χ0v) is 11.9. The third kappa shape index (κ3) is 2.85. The molecule has 1 N–H and O–H groups in total. The second kappa shape index (κ2) is 6.09. The minimum atomic E-state index is 0.428. The number of para-hydroxylation sites is 1. The summed E-state index contributed by atoms with van der Waals surface area (Å²) < 4.78 is 7.89. The van der Waals surface area contributed by atoms with E-state index in [4.69, 9.17) is 4.74 Å². The number of ether oxygens (including phenoxy) is 1. The van der Waals surface area contributed by atoms with Crippen molar-refractivity contribution in [3.05, 3.63) is 48.0 Å². The Morgan fingerprint density at radius 2 is 2.30 bits per heavy atom. The number of benzene rings is 1. The van der Waals surface area contributed by atoms with E-state index < -0.39 is 0 Å². The van der Waals surface area contributed by atoms with Gasteiger partial charge in [0.15, 0.2) is 0 Å². The van der Waals surface area contributed by atoms with Gasteiger partial charge in [0, 0.05) is 30.8 Å². The number of nitrogens with zero attached hydrogens (tertiary/aromatic N) is 2. The van der Waals surface area contributed by atoms with E-state index in [-0.39, 0.29) is 0 Å². The van der Waals surface area contributed by atoms with Crippen molar-refractivity contribution in [2.45, 2.75) is 32.4 Å². The predicted octanol–water partition coefficient (Wildman–Crippen LogP) is 2.56. The molecule has 1 aliphatic rings. The van der Waals surface area contributed by atoms with E-state index in [9.17, 15) is 0 Å². The molecule has 2 aromatic rings. The molecule has 1 aromatic heterocycles. The van der Waals surface area contributed by atoms with Crippen LogP contribution in [0.15, 0.2) is 36.8 Å². The lowest BCUT2D eigenvalue weighted by atomic mass is 10.0. The van der Waals surface area contributed by atoms with Gasteiger partial charge in [-0.1, -0.05) is 25.1 Å². The van der Waals surface area contributed by atoms with Crippen molar-refractivity contribution in [1.82, 2.24) is 14.9 Å². The molecule has 1 aliphatic heterocycles. The van der Waals surface area contributed by atoms with E-state index in [0.717, 1.165) is 44.1 Å². The molecule has 1 aromatic carbocycles. The molecule has 106 valence electrons. The molecule has 1 unspecified atom stereocenters. The molecule has 4 nitrogen and oxygen atoms in total. The summed E-state index contributed by atoms with van der Waals surface area (Å²) in [5, 5.41) is 3.37. The molecule has 0 saturated carbocycles. The predicted molar refractivity (Wildman–Crippen MR) is 78.9 cm³/mol. The number of imidazole rings is 1. The van der Waals surface area contributed by atoms with Gasteiger partial charge in [-0.25, -0.2) is 4.98 Å². The Hall–Kier alpha value is -1.81. The van der Waals surface area contributed by atoms with Crippen molar-refractivity contribution in [2.75, 3.05) is 13.2 Å². The number of rotatable bonds is 6. The lowest BCUT2D eigenvalue weighted by Crippen LogP contribution is -2.14. The van der Waals surface area contributed by atoms with Crippen LogP contribution in [-0.4, -0.2) is 22.7 Å². The summed E-state index contributed by atoms with van der Waals surface area (Å²) in [6, 6.07) is 8.31. The van der Waals surface area contributed by atoms with Crippen LogP contribution in [0.5, 0.6) is 5.75 Å². The Morgan fingerprint density at radius 1 is 1.40 bits per heavy atom. The Kier molecular flexibility index (Phi) is 4.02. The number of nitrogens with one attached hydrogen (secondary N) is 1. The van der Waals surface area contributed by atoms with Crippen LogP contribution in [0, 0.1) is 0 Å². The van der Waals surface area contributed by atoms with Crippen LogP contribution >= 0.6 is 0 Å². The van der Waals surface area contributed by atoms with Gasteiger partial charge < -0.3 is 14.6 Å². The van der Waals surface area contributed by atoms with Crippen molar-refractivity contribution in [3.63, 3.8) is 0 Å². The lowest BCUT2D eigenvalue weighted by molar-refractivity contribution is 0.319. The molecule has 0 amide bonds. The summed E-state index contributed by atoms with van der Waals surface area (Å²) in [4.78, 5) is 4.45. The van der Waals surface area contributed by atoms with Crippen LogP contribution in [0.25, 0.3) is 0 Å². The zero-order valence-electron chi connectivity index (χ0n) is 11.9. The van der Waals surface area contributed by atoms with Gasteiger partial charge in [-0.3, -0.25) is 0 Å². The fraction of sp³-hybridized carbons (Fsp3) is 0.438. The van der Waals surface area contributed by atoms with E-state index in [2.05, 4.69) is 40.1 Å². The number of hydrogen-bond donors (Lipinski definition) is 1. The van der Waals surface area contributed by atoms with Crippen molar-refractivity contribution >= 4 is 0 Å². The van der Waals surface area contributed by atoms with Crippen molar-refractivity contribution in [3.8, 4) is 5.75 Å². The standard InChI is InChI=1S/C16H21N3O/c1-2-7-17-8-14-10-19(12-18-14)9-13-11-20-16-6-4-3-5-15(13)16/h3-6,10,12-13,17H,2,7-9,11H2,1H3. The monoisotopic (exact) mass is 271 g/mol. The second-order valence-electron chi connectivity index (χ2n) is 5.28. The third-order valence-corrected chi connectivity index (χ3v) is 3.65. The number of aromatic nitrogens is 2. The van der Waals surface area contributed by atoms with Gasteiger partial charge >= 0.3 is 0 Å². The van der Waals surface area contributed by atoms with Crippen LogP contribution < -0.4 is 10.1 Å². The molecule has 0 fully saturated rings. The van der Waals surface area contributed by atoms with Crippen LogP contribution in [0.3, 0.4) is 0 Å². The van der Waals surface area contributed by atoms with Gasteiger partial charge in [0.2, 0.25) is 0 Å². The van der Waals surface area contributed by atoms with Crippen LogP contribution in [0.4, 0.5) is 0 Å². The smallest absolute Gasteiger partial charge is 0.122 e. The Labute approximate surface area is 119 Å². The summed E-state index contributed by atoms with van der Waals surface area (Å²) in [5.41, 5.74) is 2.41. The topological polar surface area (TPSA) is 39.1 Å². The highest BCUT2D eigenvalue weighted by atomic mass is 16.5. The maximum Gasteiger partial charge on any atom is 0.122 e. The summed E-state index contributed by atoms with van der Waals surface area (Å²) >= 11 is 0. The Bertz CT molecular complexity index is 564. The first kappa shape index (κ1) is 13.2. The first-order valence-electron chi connectivity index (χ1n) is 7.30. The highest BCUT2D eigenvalue weighted by molar-refractivity contribution is 5.39. The molecular weight excluding hydrogens is 250 g/mol. The maximum atomic E-state index is 5.72. The van der Waals surface area contributed by atoms with Gasteiger partial charge in [0.1, 0.15) is 5.75 Å². The Morgan fingerprint density at radius 3 is 3.20 bits per heavy atom. The van der Waals surface area contributed by atoms with Gasteiger partial charge in [0.05, 0.1) is 18.6 Å². The molecular formula is C16H21N3O. The zero-order chi connectivity index (χ0) is 13.8. The minimum Gasteiger partial charge on any atom is -0.493 e. The molecule has 0 aliphatic carbocycles. The average Bonchev–Trinajstić information content (AvgIpc) is 3.08. The summed E-state index contributed by atoms with van der Waals surface area (Å²) in [5.74, 6) is 1.46. The van der Waals surface area contributed by atoms with E-state index >= 15 is 0 Å². The van der Waals surface area contributed by atoms with Gasteiger partial charge in [0.25, 0.3) is 0 Å². The molecule has 3 rings (SSSR count). The van der Waals surface area contributed by atoms with E-state index in [1.807, 2.05) is 18.5 Å². The Balaban J connectivity index is 1.62. The van der Waals surface area contributed by atoms with Crippen molar-refractivity contribution in [2.24, 2.45) is 0 Å². The number of hydrogen-bond acceptors (Lipinski definition) is 3. The summed E-state index contributed by atoms with van der Waals surface area (Å²) in [7, 11) is 0. The average molecular weight is 271 g/mol. The van der Waals surface area contributed by atoms with Crippen LogP contribution in [-0.2, 0) is 13.1 Å². The quantitative estimate of drug-likeness (QED) is 0.821. The van der Waals surface area contributed by atoms with E-state index in [1.54, 1.807) is 0 Å². The SMILES string of the molecule is CCCNCc1cn(CC2COc3ccccc32)cn1. The fourth-order valence-electron chi connectivity index (χ4n) is 2.63. The van der Waals surface area contributed by atoms with Crippen molar-refractivity contribution in [1.29, 1.82) is 0 Å².